The van der Waals surface area contributed by atoms with Crippen LogP contribution >= 0.6 is 11.8 Å². The molecule has 1 atom stereocenters. The van der Waals surface area contributed by atoms with Gasteiger partial charge in [-0.1, -0.05) is 43.2 Å². The zero-order valence-corrected chi connectivity index (χ0v) is 14.0. The maximum absolute atomic E-state index is 3.87. The fourth-order valence-electron chi connectivity index (χ4n) is 3.79. The van der Waals surface area contributed by atoms with Crippen LogP contribution in [0.5, 0.6) is 0 Å². The number of hydrogen-bond acceptors (Lipinski definition) is 3. The second-order valence-corrected chi connectivity index (χ2v) is 7.96. The van der Waals surface area contributed by atoms with Gasteiger partial charge in [0.15, 0.2) is 0 Å². The lowest BCUT2D eigenvalue weighted by atomic mass is 10.1. The minimum Gasteiger partial charge on any atom is -0.311 e. The van der Waals surface area contributed by atoms with Crippen molar-refractivity contribution in [3.05, 3.63) is 35.9 Å². The first-order valence-electron chi connectivity index (χ1n) is 8.34. The van der Waals surface area contributed by atoms with Crippen LogP contribution in [0.15, 0.2) is 30.3 Å². The summed E-state index contributed by atoms with van der Waals surface area (Å²) in [5.74, 6) is 0. The number of nitrogens with one attached hydrogen (secondary N) is 1. The molecule has 1 aromatic carbocycles. The molecule has 1 saturated carbocycles. The van der Waals surface area contributed by atoms with Crippen LogP contribution in [0.4, 0.5) is 0 Å². The standard InChI is InChI=1S/C18H28N2S/c1-21-18(10-5-6-11-18)15-19-17-9-12-20(14-17)13-16-7-3-2-4-8-16/h2-4,7-8,17,19H,5-6,9-15H2,1H3. The molecule has 21 heavy (non-hydrogen) atoms. The molecule has 2 aliphatic rings. The fraction of sp³-hybridized carbons (Fsp3) is 0.667. The highest BCUT2D eigenvalue weighted by atomic mass is 32.2. The van der Waals surface area contributed by atoms with Gasteiger partial charge in [0.05, 0.1) is 0 Å². The van der Waals surface area contributed by atoms with Gasteiger partial charge in [0.1, 0.15) is 0 Å². The van der Waals surface area contributed by atoms with E-state index in [9.17, 15) is 0 Å². The van der Waals surface area contributed by atoms with Crippen molar-refractivity contribution in [1.82, 2.24) is 10.2 Å². The third kappa shape index (κ3) is 4.02. The Bertz CT molecular complexity index is 428. The molecule has 0 aromatic heterocycles. The molecule has 2 fully saturated rings. The van der Waals surface area contributed by atoms with Gasteiger partial charge in [-0.2, -0.15) is 11.8 Å². The van der Waals surface area contributed by atoms with E-state index in [0.717, 1.165) is 6.54 Å². The lowest BCUT2D eigenvalue weighted by Crippen LogP contribution is -2.41. The first-order chi connectivity index (χ1) is 10.3. The first-order valence-corrected chi connectivity index (χ1v) is 9.57. The van der Waals surface area contributed by atoms with E-state index in [0.29, 0.717) is 10.8 Å². The highest BCUT2D eigenvalue weighted by Crippen LogP contribution is 2.39. The molecule has 2 nitrogen and oxygen atoms in total. The predicted molar refractivity (Wildman–Crippen MR) is 92.8 cm³/mol. The van der Waals surface area contributed by atoms with E-state index < -0.39 is 0 Å². The number of benzene rings is 1. The molecule has 3 rings (SSSR count). The molecule has 1 unspecified atom stereocenters. The van der Waals surface area contributed by atoms with Gasteiger partial charge in [0.25, 0.3) is 0 Å². The second kappa shape index (κ2) is 7.17. The molecule has 3 heteroatoms. The summed E-state index contributed by atoms with van der Waals surface area (Å²) in [6.45, 7) is 4.75. The number of likely N-dealkylation sites (tertiary alicyclic amines) is 1. The third-order valence-corrected chi connectivity index (χ3v) is 6.60. The lowest BCUT2D eigenvalue weighted by Gasteiger charge is -2.29. The normalized spacial score (nSPS) is 25.5. The molecule has 0 bridgehead atoms. The van der Waals surface area contributed by atoms with E-state index in [1.54, 1.807) is 0 Å². The molecule has 0 spiro atoms. The molecule has 1 aromatic rings. The average molecular weight is 305 g/mol. The summed E-state index contributed by atoms with van der Waals surface area (Å²) in [5.41, 5.74) is 1.44. The average Bonchev–Trinajstić information content (AvgIpc) is 3.16. The van der Waals surface area contributed by atoms with Gasteiger partial charge in [0.2, 0.25) is 0 Å². The summed E-state index contributed by atoms with van der Waals surface area (Å²) in [5, 5.41) is 3.87. The van der Waals surface area contributed by atoms with E-state index >= 15 is 0 Å². The van der Waals surface area contributed by atoms with Crippen molar-refractivity contribution < 1.29 is 0 Å². The zero-order chi connectivity index (χ0) is 14.5. The number of rotatable bonds is 6. The van der Waals surface area contributed by atoms with Crippen molar-refractivity contribution in [3.63, 3.8) is 0 Å². The molecule has 0 amide bonds. The zero-order valence-electron chi connectivity index (χ0n) is 13.2. The van der Waals surface area contributed by atoms with E-state index in [4.69, 9.17) is 0 Å². The molecule has 0 radical (unpaired) electrons. The van der Waals surface area contributed by atoms with Crippen LogP contribution in [0.25, 0.3) is 0 Å². The van der Waals surface area contributed by atoms with Crippen molar-refractivity contribution in [2.75, 3.05) is 25.9 Å². The summed E-state index contributed by atoms with van der Waals surface area (Å²) in [4.78, 5) is 2.59. The Morgan fingerprint density at radius 3 is 2.71 bits per heavy atom. The minimum absolute atomic E-state index is 0.535. The molecular formula is C18H28N2S. The van der Waals surface area contributed by atoms with E-state index in [2.05, 4.69) is 58.6 Å². The third-order valence-electron chi connectivity index (χ3n) is 5.18. The molecule has 1 heterocycles. The first kappa shape index (κ1) is 15.4. The van der Waals surface area contributed by atoms with Crippen molar-refractivity contribution in [3.8, 4) is 0 Å². The van der Waals surface area contributed by atoms with Crippen LogP contribution in [0.2, 0.25) is 0 Å². The number of thioether (sulfide) groups is 1. The Balaban J connectivity index is 1.44. The Labute approximate surface area is 133 Å². The minimum atomic E-state index is 0.535. The highest BCUT2D eigenvalue weighted by Gasteiger charge is 2.34. The Morgan fingerprint density at radius 2 is 2.00 bits per heavy atom. The Kier molecular flexibility index (Phi) is 5.25. The van der Waals surface area contributed by atoms with Gasteiger partial charge in [0, 0.05) is 37.0 Å². The number of nitrogens with zero attached hydrogens (tertiary/aromatic N) is 1. The fourth-order valence-corrected chi connectivity index (χ4v) is 4.71. The summed E-state index contributed by atoms with van der Waals surface area (Å²) < 4.78 is 0.535. The van der Waals surface area contributed by atoms with E-state index in [1.807, 2.05) is 0 Å². The SMILES string of the molecule is CSC1(CNC2CCN(Cc3ccccc3)C2)CCCC1. The lowest BCUT2D eigenvalue weighted by molar-refractivity contribution is 0.318. The smallest absolute Gasteiger partial charge is 0.0281 e. The highest BCUT2D eigenvalue weighted by molar-refractivity contribution is 8.00. The van der Waals surface area contributed by atoms with Crippen LogP contribution in [0.1, 0.15) is 37.7 Å². The van der Waals surface area contributed by atoms with Crippen LogP contribution < -0.4 is 5.32 Å². The van der Waals surface area contributed by atoms with Gasteiger partial charge in [-0.3, -0.25) is 4.90 Å². The van der Waals surface area contributed by atoms with Gasteiger partial charge < -0.3 is 5.32 Å². The molecule has 1 aliphatic carbocycles. The molecule has 1 N–H and O–H groups in total. The van der Waals surface area contributed by atoms with Crippen molar-refractivity contribution >= 4 is 11.8 Å². The summed E-state index contributed by atoms with van der Waals surface area (Å²) in [6, 6.07) is 11.6. The summed E-state index contributed by atoms with van der Waals surface area (Å²) >= 11 is 2.09. The van der Waals surface area contributed by atoms with Crippen molar-refractivity contribution in [2.24, 2.45) is 0 Å². The van der Waals surface area contributed by atoms with Gasteiger partial charge in [-0.05, 0) is 31.1 Å². The second-order valence-electron chi connectivity index (χ2n) is 6.68. The van der Waals surface area contributed by atoms with E-state index in [-0.39, 0.29) is 0 Å². The molecule has 116 valence electrons. The number of hydrogen-bond donors (Lipinski definition) is 1. The summed E-state index contributed by atoms with van der Waals surface area (Å²) in [7, 11) is 0. The van der Waals surface area contributed by atoms with Crippen molar-refractivity contribution in [2.45, 2.75) is 49.4 Å². The molecular weight excluding hydrogens is 276 g/mol. The summed E-state index contributed by atoms with van der Waals surface area (Å²) in [6.07, 6.45) is 9.25. The maximum Gasteiger partial charge on any atom is 0.0281 e. The van der Waals surface area contributed by atoms with Crippen LogP contribution in [-0.4, -0.2) is 41.6 Å². The molecule has 1 aliphatic heterocycles. The van der Waals surface area contributed by atoms with Gasteiger partial charge >= 0.3 is 0 Å². The Hall–Kier alpha value is -0.510. The largest absolute Gasteiger partial charge is 0.311 e. The quantitative estimate of drug-likeness (QED) is 0.865. The van der Waals surface area contributed by atoms with Gasteiger partial charge in [-0.15, -0.1) is 0 Å². The molecule has 1 saturated heterocycles. The van der Waals surface area contributed by atoms with Gasteiger partial charge in [-0.25, -0.2) is 0 Å². The van der Waals surface area contributed by atoms with Crippen LogP contribution in [0.3, 0.4) is 0 Å². The van der Waals surface area contributed by atoms with E-state index in [1.165, 1.54) is 57.3 Å². The maximum atomic E-state index is 3.87. The Morgan fingerprint density at radius 1 is 1.24 bits per heavy atom. The topological polar surface area (TPSA) is 15.3 Å². The van der Waals surface area contributed by atoms with Crippen LogP contribution in [0, 0.1) is 0 Å². The van der Waals surface area contributed by atoms with Crippen molar-refractivity contribution in [1.29, 1.82) is 0 Å². The van der Waals surface area contributed by atoms with Crippen LogP contribution in [-0.2, 0) is 6.54 Å². The predicted octanol–water partition coefficient (Wildman–Crippen LogP) is 3.53. The monoisotopic (exact) mass is 304 g/mol.